The second-order valence-corrected chi connectivity index (χ2v) is 6.50. The first-order valence-electron chi connectivity index (χ1n) is 8.05. The average Bonchev–Trinajstić information content (AvgIpc) is 2.65. The Labute approximate surface area is 155 Å². The van der Waals surface area contributed by atoms with Crippen molar-refractivity contribution < 1.29 is 14.3 Å². The van der Waals surface area contributed by atoms with E-state index >= 15 is 0 Å². The van der Waals surface area contributed by atoms with E-state index in [0.29, 0.717) is 22.3 Å². The molecule has 0 atom stereocenters. The standard InChI is InChI=1S/C20H18N2O3S/c1-13-11-15(14-7-3-4-8-16(14)21-13)20(24)25-12-19(23)22-17-9-5-6-10-18(17)26-2/h3-11H,12H2,1-2H3,(H,22,23). The van der Waals surface area contributed by atoms with Gasteiger partial charge in [0.1, 0.15) is 0 Å². The summed E-state index contributed by atoms with van der Waals surface area (Å²) in [5, 5.41) is 3.47. The first kappa shape index (κ1) is 17.9. The monoisotopic (exact) mass is 366 g/mol. The summed E-state index contributed by atoms with van der Waals surface area (Å²) in [4.78, 5) is 29.9. The third kappa shape index (κ3) is 4.03. The first-order valence-corrected chi connectivity index (χ1v) is 9.27. The number of carbonyl (C=O) groups is 2. The fourth-order valence-corrected chi connectivity index (χ4v) is 3.17. The molecule has 0 radical (unpaired) electrons. The first-order chi connectivity index (χ1) is 12.6. The second kappa shape index (κ2) is 8.01. The number of anilines is 1. The number of aryl methyl sites for hydroxylation is 1. The van der Waals surface area contributed by atoms with Gasteiger partial charge in [-0.2, -0.15) is 0 Å². The number of nitrogens with zero attached hydrogens (tertiary/aromatic N) is 1. The molecular formula is C20H18N2O3S. The SMILES string of the molecule is CSc1ccccc1NC(=O)COC(=O)c1cc(C)nc2ccccc12. The van der Waals surface area contributed by atoms with Crippen molar-refractivity contribution >= 4 is 40.2 Å². The van der Waals surface area contributed by atoms with Gasteiger partial charge in [0.2, 0.25) is 0 Å². The van der Waals surface area contributed by atoms with Crippen LogP contribution in [-0.2, 0) is 9.53 Å². The minimum Gasteiger partial charge on any atom is -0.452 e. The van der Waals surface area contributed by atoms with E-state index in [0.717, 1.165) is 10.4 Å². The Morgan fingerprint density at radius 1 is 1.12 bits per heavy atom. The summed E-state index contributed by atoms with van der Waals surface area (Å²) in [7, 11) is 0. The molecule has 1 aromatic heterocycles. The third-order valence-electron chi connectivity index (χ3n) is 3.78. The lowest BCUT2D eigenvalue weighted by atomic mass is 10.1. The Hall–Kier alpha value is -2.86. The molecule has 0 aliphatic heterocycles. The summed E-state index contributed by atoms with van der Waals surface area (Å²) < 4.78 is 5.21. The summed E-state index contributed by atoms with van der Waals surface area (Å²) in [6.07, 6.45) is 1.93. The van der Waals surface area contributed by atoms with E-state index in [-0.39, 0.29) is 12.5 Å². The highest BCUT2D eigenvalue weighted by atomic mass is 32.2. The molecule has 0 bridgehead atoms. The molecule has 0 aliphatic carbocycles. The van der Waals surface area contributed by atoms with Gasteiger partial charge in [-0.05, 0) is 37.4 Å². The molecule has 5 nitrogen and oxygen atoms in total. The van der Waals surface area contributed by atoms with Crippen LogP contribution in [0.2, 0.25) is 0 Å². The van der Waals surface area contributed by atoms with Gasteiger partial charge < -0.3 is 10.1 Å². The summed E-state index contributed by atoms with van der Waals surface area (Å²) >= 11 is 1.53. The van der Waals surface area contributed by atoms with E-state index in [1.165, 1.54) is 11.8 Å². The van der Waals surface area contributed by atoms with E-state index in [1.54, 1.807) is 6.07 Å². The zero-order chi connectivity index (χ0) is 18.5. The van der Waals surface area contributed by atoms with E-state index < -0.39 is 5.97 Å². The molecule has 0 fully saturated rings. The number of fused-ring (bicyclic) bond motifs is 1. The number of rotatable bonds is 5. The highest BCUT2D eigenvalue weighted by Crippen LogP contribution is 2.24. The molecule has 3 aromatic rings. The lowest BCUT2D eigenvalue weighted by Gasteiger charge is -2.10. The molecule has 1 N–H and O–H groups in total. The van der Waals surface area contributed by atoms with Crippen LogP contribution >= 0.6 is 11.8 Å². The maximum Gasteiger partial charge on any atom is 0.339 e. The van der Waals surface area contributed by atoms with Crippen molar-refractivity contribution in [2.24, 2.45) is 0 Å². The van der Waals surface area contributed by atoms with Gasteiger partial charge in [0.05, 0.1) is 16.8 Å². The van der Waals surface area contributed by atoms with Crippen molar-refractivity contribution in [2.45, 2.75) is 11.8 Å². The molecule has 0 saturated heterocycles. The van der Waals surface area contributed by atoms with E-state index in [4.69, 9.17) is 4.74 Å². The largest absolute Gasteiger partial charge is 0.452 e. The average molecular weight is 366 g/mol. The molecule has 0 unspecified atom stereocenters. The third-order valence-corrected chi connectivity index (χ3v) is 4.58. The van der Waals surface area contributed by atoms with Gasteiger partial charge in [-0.1, -0.05) is 30.3 Å². The van der Waals surface area contributed by atoms with Crippen molar-refractivity contribution in [1.82, 2.24) is 4.98 Å². The molecule has 0 spiro atoms. The Bertz CT molecular complexity index is 972. The fraction of sp³-hybridized carbons (Fsp3) is 0.150. The lowest BCUT2D eigenvalue weighted by molar-refractivity contribution is -0.119. The van der Waals surface area contributed by atoms with Crippen LogP contribution in [0.4, 0.5) is 5.69 Å². The van der Waals surface area contributed by atoms with Crippen LogP contribution < -0.4 is 5.32 Å². The minimum atomic E-state index is -0.542. The number of aromatic nitrogens is 1. The maximum absolute atomic E-state index is 12.5. The molecule has 2 aromatic carbocycles. The van der Waals surface area contributed by atoms with Gasteiger partial charge >= 0.3 is 5.97 Å². The number of hydrogen-bond donors (Lipinski definition) is 1. The van der Waals surface area contributed by atoms with Gasteiger partial charge in [0.15, 0.2) is 6.61 Å². The van der Waals surface area contributed by atoms with Crippen molar-refractivity contribution in [2.75, 3.05) is 18.2 Å². The number of carbonyl (C=O) groups excluding carboxylic acids is 2. The van der Waals surface area contributed by atoms with Crippen molar-refractivity contribution in [3.63, 3.8) is 0 Å². The maximum atomic E-state index is 12.5. The zero-order valence-corrected chi connectivity index (χ0v) is 15.3. The number of para-hydroxylation sites is 2. The second-order valence-electron chi connectivity index (χ2n) is 5.65. The number of hydrogen-bond acceptors (Lipinski definition) is 5. The number of nitrogens with one attached hydrogen (secondary N) is 1. The molecular weight excluding hydrogens is 348 g/mol. The molecule has 1 amide bonds. The molecule has 0 aliphatic rings. The summed E-state index contributed by atoms with van der Waals surface area (Å²) in [5.41, 5.74) is 2.54. The molecule has 1 heterocycles. The fourth-order valence-electron chi connectivity index (χ4n) is 2.62. The van der Waals surface area contributed by atoms with Crippen LogP contribution in [-0.4, -0.2) is 29.7 Å². The van der Waals surface area contributed by atoms with Crippen molar-refractivity contribution in [3.05, 3.63) is 65.9 Å². The number of benzene rings is 2. The number of amides is 1. The molecule has 26 heavy (non-hydrogen) atoms. The van der Waals surface area contributed by atoms with Gasteiger partial charge in [-0.25, -0.2) is 4.79 Å². The van der Waals surface area contributed by atoms with Crippen LogP contribution in [0.1, 0.15) is 16.1 Å². The number of thioether (sulfide) groups is 1. The Balaban J connectivity index is 1.70. The van der Waals surface area contributed by atoms with Crippen LogP contribution in [0.3, 0.4) is 0 Å². The number of pyridine rings is 1. The van der Waals surface area contributed by atoms with Crippen molar-refractivity contribution in [1.29, 1.82) is 0 Å². The summed E-state index contributed by atoms with van der Waals surface area (Å²) in [5.74, 6) is -0.921. The van der Waals surface area contributed by atoms with E-state index in [1.807, 2.05) is 61.7 Å². The molecule has 3 rings (SSSR count). The van der Waals surface area contributed by atoms with Gasteiger partial charge in [-0.15, -0.1) is 11.8 Å². The van der Waals surface area contributed by atoms with Crippen LogP contribution in [0.25, 0.3) is 10.9 Å². The van der Waals surface area contributed by atoms with Crippen molar-refractivity contribution in [3.8, 4) is 0 Å². The normalized spacial score (nSPS) is 10.5. The molecule has 132 valence electrons. The van der Waals surface area contributed by atoms with E-state index in [9.17, 15) is 9.59 Å². The highest BCUT2D eigenvalue weighted by Gasteiger charge is 2.15. The van der Waals surface area contributed by atoms with E-state index in [2.05, 4.69) is 10.3 Å². The lowest BCUT2D eigenvalue weighted by Crippen LogP contribution is -2.21. The number of ether oxygens (including phenoxy) is 1. The quantitative estimate of drug-likeness (QED) is 0.545. The Kier molecular flexibility index (Phi) is 5.53. The zero-order valence-electron chi connectivity index (χ0n) is 14.5. The van der Waals surface area contributed by atoms with Gasteiger partial charge in [-0.3, -0.25) is 9.78 Å². The van der Waals surface area contributed by atoms with Gasteiger partial charge in [0, 0.05) is 16.0 Å². The van der Waals surface area contributed by atoms with Gasteiger partial charge in [0.25, 0.3) is 5.91 Å². The molecule has 6 heteroatoms. The Morgan fingerprint density at radius 2 is 1.85 bits per heavy atom. The highest BCUT2D eigenvalue weighted by molar-refractivity contribution is 7.98. The predicted octanol–water partition coefficient (Wildman–Crippen LogP) is 4.06. The molecule has 0 saturated carbocycles. The minimum absolute atomic E-state index is 0.350. The van der Waals surface area contributed by atoms with Crippen LogP contribution in [0.15, 0.2) is 59.5 Å². The van der Waals surface area contributed by atoms with Crippen LogP contribution in [0, 0.1) is 6.92 Å². The number of esters is 1. The topological polar surface area (TPSA) is 68.3 Å². The Morgan fingerprint density at radius 3 is 2.65 bits per heavy atom. The predicted molar refractivity (Wildman–Crippen MR) is 104 cm³/mol. The van der Waals surface area contributed by atoms with Crippen LogP contribution in [0.5, 0.6) is 0 Å². The summed E-state index contributed by atoms with van der Waals surface area (Å²) in [6, 6.07) is 16.5. The smallest absolute Gasteiger partial charge is 0.339 e. The summed E-state index contributed by atoms with van der Waals surface area (Å²) in [6.45, 7) is 1.46.